The minimum absolute atomic E-state index is 0.132. The van der Waals surface area contributed by atoms with E-state index in [4.69, 9.17) is 23.2 Å². The summed E-state index contributed by atoms with van der Waals surface area (Å²) in [6, 6.07) is 18.3. The summed E-state index contributed by atoms with van der Waals surface area (Å²) in [6.07, 6.45) is -0.374. The first-order valence-corrected chi connectivity index (χ1v) is 12.2. The Bertz CT molecular complexity index is 1300. The standard InChI is InChI=1S/C23H19Cl2N3O4S/c24-16-10-17(25)12-18(11-16)33(31,32)28-20-9-5-4-8-19(20)27-23(30)21(28)13-22(29)26-14-15-6-2-1-3-7-15/h1-12,21H,13-14H2,(H,26,29)(H,27,30)/t21-/m1/s1. The van der Waals surface area contributed by atoms with Gasteiger partial charge in [-0.15, -0.1) is 0 Å². The summed E-state index contributed by atoms with van der Waals surface area (Å²) in [5.41, 5.74) is 1.44. The molecule has 0 saturated heterocycles. The Morgan fingerprint density at radius 1 is 0.970 bits per heavy atom. The van der Waals surface area contributed by atoms with Crippen LogP contribution in [0.25, 0.3) is 0 Å². The lowest BCUT2D eigenvalue weighted by Crippen LogP contribution is -2.52. The maximum atomic E-state index is 13.7. The molecule has 3 aromatic rings. The molecule has 1 aliphatic heterocycles. The number of carbonyl (C=O) groups excluding carboxylic acids is 2. The van der Waals surface area contributed by atoms with E-state index in [-0.39, 0.29) is 33.6 Å². The van der Waals surface area contributed by atoms with Gasteiger partial charge in [-0.3, -0.25) is 13.9 Å². The second-order valence-corrected chi connectivity index (χ2v) is 10.1. The molecule has 1 heterocycles. The van der Waals surface area contributed by atoms with Crippen LogP contribution in [0.1, 0.15) is 12.0 Å². The van der Waals surface area contributed by atoms with E-state index in [0.29, 0.717) is 5.69 Å². The fourth-order valence-electron chi connectivity index (χ4n) is 3.57. The maximum Gasteiger partial charge on any atom is 0.265 e. The Morgan fingerprint density at radius 2 is 1.61 bits per heavy atom. The molecule has 0 bridgehead atoms. The van der Waals surface area contributed by atoms with Crippen LogP contribution in [-0.4, -0.2) is 26.3 Å². The van der Waals surface area contributed by atoms with Gasteiger partial charge in [0, 0.05) is 16.6 Å². The molecule has 33 heavy (non-hydrogen) atoms. The molecule has 1 atom stereocenters. The number of para-hydroxylation sites is 2. The van der Waals surface area contributed by atoms with Crippen LogP contribution in [0, 0.1) is 0 Å². The topological polar surface area (TPSA) is 95.6 Å². The SMILES string of the molecule is O=C(C[C@@H]1C(=O)Nc2ccccc2N1S(=O)(=O)c1cc(Cl)cc(Cl)c1)NCc1ccccc1. The van der Waals surface area contributed by atoms with Gasteiger partial charge in [-0.05, 0) is 35.9 Å². The fourth-order valence-corrected chi connectivity index (χ4v) is 5.93. The highest BCUT2D eigenvalue weighted by Gasteiger charge is 2.42. The van der Waals surface area contributed by atoms with Crippen LogP contribution in [0.15, 0.2) is 77.7 Å². The van der Waals surface area contributed by atoms with Gasteiger partial charge >= 0.3 is 0 Å². The monoisotopic (exact) mass is 503 g/mol. The van der Waals surface area contributed by atoms with Gasteiger partial charge in [0.1, 0.15) is 6.04 Å². The van der Waals surface area contributed by atoms with Gasteiger partial charge in [0.05, 0.1) is 22.7 Å². The third-order valence-corrected chi connectivity index (χ3v) is 7.33. The van der Waals surface area contributed by atoms with Crippen molar-refractivity contribution in [2.24, 2.45) is 0 Å². The number of sulfonamides is 1. The summed E-state index contributed by atoms with van der Waals surface area (Å²) >= 11 is 12.1. The molecule has 10 heteroatoms. The Labute approximate surface area is 201 Å². The third-order valence-electron chi connectivity index (χ3n) is 5.09. The number of halogens is 2. The van der Waals surface area contributed by atoms with Crippen molar-refractivity contribution in [3.8, 4) is 0 Å². The van der Waals surface area contributed by atoms with Crippen molar-refractivity contribution in [1.82, 2.24) is 5.32 Å². The molecule has 0 aromatic heterocycles. The lowest BCUT2D eigenvalue weighted by atomic mass is 10.1. The molecule has 0 aliphatic carbocycles. The zero-order valence-electron chi connectivity index (χ0n) is 17.2. The van der Waals surface area contributed by atoms with E-state index in [1.807, 2.05) is 30.3 Å². The van der Waals surface area contributed by atoms with Crippen molar-refractivity contribution < 1.29 is 18.0 Å². The van der Waals surface area contributed by atoms with Gasteiger partial charge in [0.2, 0.25) is 11.8 Å². The summed E-state index contributed by atoms with van der Waals surface area (Å²) in [5.74, 6) is -1.08. The van der Waals surface area contributed by atoms with Crippen LogP contribution < -0.4 is 14.9 Å². The van der Waals surface area contributed by atoms with Gasteiger partial charge < -0.3 is 10.6 Å². The smallest absolute Gasteiger partial charge is 0.265 e. The summed E-state index contributed by atoms with van der Waals surface area (Å²) in [6.45, 7) is 0.251. The van der Waals surface area contributed by atoms with Crippen molar-refractivity contribution in [2.45, 2.75) is 23.9 Å². The van der Waals surface area contributed by atoms with E-state index in [1.165, 1.54) is 18.2 Å². The Kier molecular flexibility index (Phi) is 6.60. The van der Waals surface area contributed by atoms with E-state index in [2.05, 4.69) is 10.6 Å². The number of benzene rings is 3. The molecule has 4 rings (SSSR count). The largest absolute Gasteiger partial charge is 0.352 e. The highest BCUT2D eigenvalue weighted by molar-refractivity contribution is 7.93. The molecule has 0 unspecified atom stereocenters. The van der Waals surface area contributed by atoms with Crippen molar-refractivity contribution in [3.63, 3.8) is 0 Å². The number of hydrogen-bond donors (Lipinski definition) is 2. The fraction of sp³-hybridized carbons (Fsp3) is 0.130. The first kappa shape index (κ1) is 23.1. The van der Waals surface area contributed by atoms with Gasteiger partial charge in [-0.2, -0.15) is 0 Å². The van der Waals surface area contributed by atoms with Crippen molar-refractivity contribution in [2.75, 3.05) is 9.62 Å². The van der Waals surface area contributed by atoms with E-state index >= 15 is 0 Å². The summed E-state index contributed by atoms with van der Waals surface area (Å²) in [7, 11) is -4.29. The predicted molar refractivity (Wildman–Crippen MR) is 128 cm³/mol. The van der Waals surface area contributed by atoms with Crippen LogP contribution in [-0.2, 0) is 26.2 Å². The van der Waals surface area contributed by atoms with Crippen LogP contribution in [0.3, 0.4) is 0 Å². The summed E-state index contributed by atoms with van der Waals surface area (Å²) in [5, 5.41) is 5.69. The molecule has 170 valence electrons. The predicted octanol–water partition coefficient (Wildman–Crippen LogP) is 4.22. The Hall–Kier alpha value is -3.07. The molecule has 7 nitrogen and oxygen atoms in total. The number of amides is 2. The van der Waals surface area contributed by atoms with Gasteiger partial charge in [-0.25, -0.2) is 8.42 Å². The van der Waals surface area contributed by atoms with Gasteiger partial charge in [0.25, 0.3) is 10.0 Å². The second-order valence-electron chi connectivity index (χ2n) is 7.39. The van der Waals surface area contributed by atoms with Crippen LogP contribution in [0.4, 0.5) is 11.4 Å². The summed E-state index contributed by atoms with van der Waals surface area (Å²) in [4.78, 5) is 25.5. The van der Waals surface area contributed by atoms with Gasteiger partial charge in [-0.1, -0.05) is 65.7 Å². The number of hydrogen-bond acceptors (Lipinski definition) is 4. The molecule has 0 fully saturated rings. The zero-order chi connectivity index (χ0) is 23.6. The first-order valence-electron chi connectivity index (χ1n) is 9.97. The minimum atomic E-state index is -4.29. The van der Waals surface area contributed by atoms with E-state index in [9.17, 15) is 18.0 Å². The lowest BCUT2D eigenvalue weighted by molar-refractivity contribution is -0.125. The number of carbonyl (C=O) groups is 2. The van der Waals surface area contributed by atoms with E-state index < -0.39 is 27.9 Å². The molecule has 0 saturated carbocycles. The number of fused-ring (bicyclic) bond motifs is 1. The van der Waals surface area contributed by atoms with Crippen LogP contribution >= 0.6 is 23.2 Å². The quantitative estimate of drug-likeness (QED) is 0.526. The van der Waals surface area contributed by atoms with Crippen LogP contribution in [0.2, 0.25) is 10.0 Å². The number of anilines is 2. The minimum Gasteiger partial charge on any atom is -0.352 e. The molecular weight excluding hydrogens is 485 g/mol. The van der Waals surface area contributed by atoms with Crippen LogP contribution in [0.5, 0.6) is 0 Å². The summed E-state index contributed by atoms with van der Waals surface area (Å²) < 4.78 is 28.3. The highest BCUT2D eigenvalue weighted by atomic mass is 35.5. The Morgan fingerprint density at radius 3 is 2.30 bits per heavy atom. The van der Waals surface area contributed by atoms with Crippen molar-refractivity contribution >= 4 is 56.4 Å². The number of nitrogens with zero attached hydrogens (tertiary/aromatic N) is 1. The van der Waals surface area contributed by atoms with Crippen molar-refractivity contribution in [1.29, 1.82) is 0 Å². The van der Waals surface area contributed by atoms with Gasteiger partial charge in [0.15, 0.2) is 0 Å². The average Bonchev–Trinajstić information content (AvgIpc) is 2.78. The molecule has 3 aromatic carbocycles. The molecule has 0 spiro atoms. The molecular formula is C23H19Cl2N3O4S. The zero-order valence-corrected chi connectivity index (χ0v) is 19.5. The van der Waals surface area contributed by atoms with E-state index in [1.54, 1.807) is 24.3 Å². The second kappa shape index (κ2) is 9.43. The van der Waals surface area contributed by atoms with E-state index in [0.717, 1.165) is 9.87 Å². The molecule has 2 N–H and O–H groups in total. The molecule has 2 amide bonds. The normalized spacial score (nSPS) is 15.5. The molecule has 1 aliphatic rings. The maximum absolute atomic E-state index is 13.7. The highest BCUT2D eigenvalue weighted by Crippen LogP contribution is 2.38. The average molecular weight is 504 g/mol. The number of rotatable bonds is 6. The first-order chi connectivity index (χ1) is 15.8. The third kappa shape index (κ3) is 4.98. The lowest BCUT2D eigenvalue weighted by Gasteiger charge is -2.36. The number of nitrogens with one attached hydrogen (secondary N) is 2. The molecule has 0 radical (unpaired) electrons. The van der Waals surface area contributed by atoms with Crippen molar-refractivity contribution in [3.05, 3.63) is 88.4 Å². The Balaban J connectivity index is 1.69.